The Morgan fingerprint density at radius 3 is 2.80 bits per heavy atom. The fourth-order valence-corrected chi connectivity index (χ4v) is 3.29. The average molecular weight is 421 g/mol. The molecule has 6 nitrogen and oxygen atoms in total. The molecular formula is C21H26F3N5O. The summed E-state index contributed by atoms with van der Waals surface area (Å²) in [7, 11) is 5.55. The van der Waals surface area contributed by atoms with E-state index in [4.69, 9.17) is 4.74 Å². The molecule has 1 aromatic carbocycles. The first-order chi connectivity index (χ1) is 14.3. The van der Waals surface area contributed by atoms with Crippen LogP contribution in [0.1, 0.15) is 22.8 Å². The van der Waals surface area contributed by atoms with Crippen LogP contribution in [0.2, 0.25) is 0 Å². The summed E-state index contributed by atoms with van der Waals surface area (Å²) >= 11 is 0. The zero-order valence-electron chi connectivity index (χ0n) is 17.3. The molecule has 0 amide bonds. The Kier molecular flexibility index (Phi) is 6.81. The molecule has 0 saturated carbocycles. The van der Waals surface area contributed by atoms with Gasteiger partial charge in [0.1, 0.15) is 11.9 Å². The summed E-state index contributed by atoms with van der Waals surface area (Å²) in [4.78, 5) is 12.6. The van der Waals surface area contributed by atoms with Crippen LogP contribution in [0.4, 0.5) is 19.0 Å². The normalized spacial score (nSPS) is 17.7. The van der Waals surface area contributed by atoms with E-state index in [2.05, 4.69) is 15.3 Å². The number of halogens is 3. The second-order valence-electron chi connectivity index (χ2n) is 7.25. The maximum atomic E-state index is 13.0. The van der Waals surface area contributed by atoms with Crippen molar-refractivity contribution in [2.45, 2.75) is 18.8 Å². The molecule has 162 valence electrons. The molecule has 2 aromatic rings. The van der Waals surface area contributed by atoms with Crippen molar-refractivity contribution in [1.82, 2.24) is 15.2 Å². The van der Waals surface area contributed by atoms with Crippen LogP contribution in [0, 0.1) is 0 Å². The van der Waals surface area contributed by atoms with Gasteiger partial charge in [0, 0.05) is 40.4 Å². The van der Waals surface area contributed by atoms with Gasteiger partial charge in [0.2, 0.25) is 0 Å². The molecule has 1 unspecified atom stereocenters. The van der Waals surface area contributed by atoms with E-state index in [1.54, 1.807) is 19.3 Å². The number of pyridine rings is 1. The first kappa shape index (κ1) is 21.9. The van der Waals surface area contributed by atoms with E-state index in [1.165, 1.54) is 6.07 Å². The molecule has 1 saturated heterocycles. The van der Waals surface area contributed by atoms with Crippen molar-refractivity contribution in [2.24, 2.45) is 4.99 Å². The summed E-state index contributed by atoms with van der Waals surface area (Å²) in [6.45, 7) is 1.98. The average Bonchev–Trinajstić information content (AvgIpc) is 2.74. The Bertz CT molecular complexity index is 885. The van der Waals surface area contributed by atoms with E-state index in [0.717, 1.165) is 23.5 Å². The van der Waals surface area contributed by atoms with Gasteiger partial charge >= 0.3 is 6.18 Å². The van der Waals surface area contributed by atoms with Crippen LogP contribution < -0.4 is 10.2 Å². The number of morpholine rings is 1. The zero-order valence-corrected chi connectivity index (χ0v) is 17.3. The molecule has 30 heavy (non-hydrogen) atoms. The highest BCUT2D eigenvalue weighted by Crippen LogP contribution is 2.32. The van der Waals surface area contributed by atoms with E-state index < -0.39 is 17.8 Å². The summed E-state index contributed by atoms with van der Waals surface area (Å²) in [5, 5.41) is 3.32. The standard InChI is InChI=1S/C21H26F3N5O/c1-25-20(27-13-15-7-8-26-19(11-15)28(2)3)29-9-10-30-18(14-29)16-5-4-6-17(12-16)21(22,23)24/h4-8,11-12,18H,9-10,13-14H2,1-3H3,(H,25,27). The van der Waals surface area contributed by atoms with Crippen molar-refractivity contribution in [1.29, 1.82) is 0 Å². The number of nitrogens with zero attached hydrogens (tertiary/aromatic N) is 4. The lowest BCUT2D eigenvalue weighted by Gasteiger charge is -2.35. The molecule has 9 heteroatoms. The third-order valence-corrected chi connectivity index (χ3v) is 4.88. The van der Waals surface area contributed by atoms with Gasteiger partial charge < -0.3 is 19.9 Å². The number of rotatable bonds is 4. The van der Waals surface area contributed by atoms with Crippen LogP contribution >= 0.6 is 0 Å². The van der Waals surface area contributed by atoms with Crippen LogP contribution in [-0.4, -0.2) is 56.7 Å². The first-order valence-electron chi connectivity index (χ1n) is 9.64. The van der Waals surface area contributed by atoms with Gasteiger partial charge in [-0.05, 0) is 35.4 Å². The van der Waals surface area contributed by atoms with E-state index in [1.807, 2.05) is 36.0 Å². The number of ether oxygens (including phenoxy) is 1. The fourth-order valence-electron chi connectivity index (χ4n) is 3.29. The van der Waals surface area contributed by atoms with Crippen molar-refractivity contribution in [3.8, 4) is 0 Å². The molecule has 1 N–H and O–H groups in total. The smallest absolute Gasteiger partial charge is 0.370 e. The molecule has 1 aromatic heterocycles. The fraction of sp³-hybridized carbons (Fsp3) is 0.429. The second-order valence-corrected chi connectivity index (χ2v) is 7.25. The first-order valence-corrected chi connectivity index (χ1v) is 9.64. The predicted molar refractivity (Wildman–Crippen MR) is 110 cm³/mol. The highest BCUT2D eigenvalue weighted by Gasteiger charge is 2.32. The molecule has 0 radical (unpaired) electrons. The van der Waals surface area contributed by atoms with Gasteiger partial charge in [-0.3, -0.25) is 4.99 Å². The largest absolute Gasteiger partial charge is 0.416 e. The molecule has 1 fully saturated rings. The van der Waals surface area contributed by atoms with Crippen LogP contribution in [-0.2, 0) is 17.5 Å². The van der Waals surface area contributed by atoms with Crippen LogP contribution in [0.3, 0.4) is 0 Å². The number of alkyl halides is 3. The summed E-state index contributed by atoms with van der Waals surface area (Å²) in [5.74, 6) is 1.54. The van der Waals surface area contributed by atoms with Gasteiger partial charge in [0.15, 0.2) is 5.96 Å². The third kappa shape index (κ3) is 5.41. The van der Waals surface area contributed by atoms with Gasteiger partial charge in [-0.25, -0.2) is 4.98 Å². The van der Waals surface area contributed by atoms with Gasteiger partial charge in [0.05, 0.1) is 18.7 Å². The zero-order chi connectivity index (χ0) is 21.7. The quantitative estimate of drug-likeness (QED) is 0.606. The summed E-state index contributed by atoms with van der Waals surface area (Å²) in [6, 6.07) is 9.23. The minimum absolute atomic E-state index is 0.404. The maximum Gasteiger partial charge on any atom is 0.416 e. The van der Waals surface area contributed by atoms with Crippen LogP contribution in [0.15, 0.2) is 47.6 Å². The number of aliphatic imine (C=N–C) groups is 1. The molecule has 1 aliphatic rings. The van der Waals surface area contributed by atoms with Crippen molar-refractivity contribution in [2.75, 3.05) is 45.7 Å². The number of hydrogen-bond donors (Lipinski definition) is 1. The third-order valence-electron chi connectivity index (χ3n) is 4.88. The summed E-state index contributed by atoms with van der Waals surface area (Å²) in [5.41, 5.74) is 0.893. The number of hydrogen-bond acceptors (Lipinski definition) is 4. The molecule has 1 aliphatic heterocycles. The Morgan fingerprint density at radius 1 is 1.30 bits per heavy atom. The molecule has 3 rings (SSSR count). The van der Waals surface area contributed by atoms with Crippen molar-refractivity contribution in [3.63, 3.8) is 0 Å². The number of nitrogens with one attached hydrogen (secondary N) is 1. The molecule has 0 aliphatic carbocycles. The maximum absolute atomic E-state index is 13.0. The lowest BCUT2D eigenvalue weighted by molar-refractivity contribution is -0.137. The predicted octanol–water partition coefficient (Wildman–Crippen LogP) is 3.32. The van der Waals surface area contributed by atoms with E-state index in [0.29, 0.717) is 37.8 Å². The summed E-state index contributed by atoms with van der Waals surface area (Å²) in [6.07, 6.45) is -3.08. The Balaban J connectivity index is 1.67. The van der Waals surface area contributed by atoms with E-state index in [-0.39, 0.29) is 0 Å². The second kappa shape index (κ2) is 9.34. The van der Waals surface area contributed by atoms with Crippen molar-refractivity contribution >= 4 is 11.8 Å². The highest BCUT2D eigenvalue weighted by molar-refractivity contribution is 5.80. The molecule has 0 spiro atoms. The topological polar surface area (TPSA) is 53.0 Å². The number of benzene rings is 1. The molecule has 0 bridgehead atoms. The monoisotopic (exact) mass is 421 g/mol. The van der Waals surface area contributed by atoms with E-state index in [9.17, 15) is 13.2 Å². The number of aromatic nitrogens is 1. The van der Waals surface area contributed by atoms with Crippen LogP contribution in [0.25, 0.3) is 0 Å². The Morgan fingerprint density at radius 2 is 2.10 bits per heavy atom. The minimum Gasteiger partial charge on any atom is -0.370 e. The van der Waals surface area contributed by atoms with Crippen molar-refractivity contribution < 1.29 is 17.9 Å². The van der Waals surface area contributed by atoms with E-state index >= 15 is 0 Å². The molecule has 1 atom stereocenters. The number of guanidine groups is 1. The van der Waals surface area contributed by atoms with Gasteiger partial charge in [0.25, 0.3) is 0 Å². The highest BCUT2D eigenvalue weighted by atomic mass is 19.4. The molecular weight excluding hydrogens is 395 g/mol. The van der Waals surface area contributed by atoms with Gasteiger partial charge in [-0.2, -0.15) is 13.2 Å². The Hall–Kier alpha value is -2.81. The SMILES string of the molecule is CN=C(NCc1ccnc(N(C)C)c1)N1CCOC(c2cccc(C(F)(F)F)c2)C1. The van der Waals surface area contributed by atoms with Crippen molar-refractivity contribution in [3.05, 3.63) is 59.3 Å². The van der Waals surface area contributed by atoms with Gasteiger partial charge in [-0.1, -0.05) is 12.1 Å². The molecule has 2 heterocycles. The Labute approximate surface area is 174 Å². The minimum atomic E-state index is -4.38. The van der Waals surface area contributed by atoms with Gasteiger partial charge in [-0.15, -0.1) is 0 Å². The lowest BCUT2D eigenvalue weighted by Crippen LogP contribution is -2.48. The van der Waals surface area contributed by atoms with Crippen LogP contribution in [0.5, 0.6) is 0 Å². The summed E-state index contributed by atoms with van der Waals surface area (Å²) < 4.78 is 44.9. The lowest BCUT2D eigenvalue weighted by atomic mass is 10.0. The number of anilines is 1.